The quantitative estimate of drug-likeness (QED) is 0.269. The van der Waals surface area contributed by atoms with E-state index in [0.29, 0.717) is 36.3 Å². The maximum absolute atomic E-state index is 15.8. The molecule has 0 radical (unpaired) electrons. The Balaban J connectivity index is 1.50. The van der Waals surface area contributed by atoms with Crippen molar-refractivity contribution in [2.45, 2.75) is 48.8 Å². The summed E-state index contributed by atoms with van der Waals surface area (Å²) in [5.41, 5.74) is 1.39. The lowest BCUT2D eigenvalue weighted by Crippen LogP contribution is -2.36. The summed E-state index contributed by atoms with van der Waals surface area (Å²) in [7, 11) is 0.197. The molecular weight excluding hydrogens is 601 g/mol. The first kappa shape index (κ1) is 30.5. The number of aromatic nitrogens is 4. The molecule has 2 aromatic heterocycles. The maximum atomic E-state index is 15.8. The smallest absolute Gasteiger partial charge is 0.268 e. The predicted molar refractivity (Wildman–Crippen MR) is 157 cm³/mol. The number of methoxy groups -OCH3 is 2. The van der Waals surface area contributed by atoms with Crippen molar-refractivity contribution in [2.75, 3.05) is 18.5 Å². The molecule has 14 heteroatoms. The summed E-state index contributed by atoms with van der Waals surface area (Å²) in [6.07, 6.45) is 4.60. The van der Waals surface area contributed by atoms with Crippen LogP contribution in [0.3, 0.4) is 0 Å². The van der Waals surface area contributed by atoms with Gasteiger partial charge in [-0.25, -0.2) is 27.1 Å². The summed E-state index contributed by atoms with van der Waals surface area (Å²) in [6.45, 7) is -0.242. The Labute approximate surface area is 253 Å². The van der Waals surface area contributed by atoms with Crippen molar-refractivity contribution in [1.29, 1.82) is 0 Å². The Morgan fingerprint density at radius 3 is 2.58 bits per heavy atom. The standard InChI is InChI=1S/C29H31ClFN5O6S/c1-35-24(8-11-34-35)21-7-5-19(37)12-26(21)42-27-15-23(31)28(14-22(27)30)43(38,39)36(29-9-10-32-17-33-29)16-18-4-6-20(40-2)13-25(18)41-3/h4,6,8-11,13-15,17,19,21,26,37H,5,7,12,16H2,1-3H3. The molecular formula is C29H31ClFN5O6S. The highest BCUT2D eigenvalue weighted by atomic mass is 35.5. The summed E-state index contributed by atoms with van der Waals surface area (Å²) < 4.78 is 63.4. The summed E-state index contributed by atoms with van der Waals surface area (Å²) in [5.74, 6) is -0.330. The molecule has 1 aliphatic rings. The van der Waals surface area contributed by atoms with E-state index in [1.54, 1.807) is 29.1 Å². The first-order valence-electron chi connectivity index (χ1n) is 13.4. The highest BCUT2D eigenvalue weighted by Crippen LogP contribution is 2.39. The topological polar surface area (TPSA) is 129 Å². The van der Waals surface area contributed by atoms with Crippen LogP contribution < -0.4 is 18.5 Å². The summed E-state index contributed by atoms with van der Waals surface area (Å²) in [6, 6.07) is 10.2. The maximum Gasteiger partial charge on any atom is 0.268 e. The van der Waals surface area contributed by atoms with Gasteiger partial charge in [-0.15, -0.1) is 0 Å². The van der Waals surface area contributed by atoms with Crippen LogP contribution >= 0.6 is 11.6 Å². The Morgan fingerprint density at radius 1 is 1.09 bits per heavy atom. The van der Waals surface area contributed by atoms with E-state index in [2.05, 4.69) is 15.1 Å². The summed E-state index contributed by atoms with van der Waals surface area (Å²) in [4.78, 5) is 7.32. The first-order valence-corrected chi connectivity index (χ1v) is 15.3. The fraction of sp³-hybridized carbons (Fsp3) is 0.345. The van der Waals surface area contributed by atoms with Crippen LogP contribution in [0.5, 0.6) is 17.2 Å². The minimum absolute atomic E-state index is 0.0129. The first-order chi connectivity index (χ1) is 20.6. The molecule has 0 spiro atoms. The van der Waals surface area contributed by atoms with Gasteiger partial charge in [0.15, 0.2) is 0 Å². The van der Waals surface area contributed by atoms with Crippen molar-refractivity contribution < 1.29 is 32.1 Å². The van der Waals surface area contributed by atoms with Gasteiger partial charge in [0.2, 0.25) is 0 Å². The third kappa shape index (κ3) is 6.38. The van der Waals surface area contributed by atoms with Crippen molar-refractivity contribution in [1.82, 2.24) is 19.7 Å². The lowest BCUT2D eigenvalue weighted by Gasteiger charge is -2.34. The Bertz CT molecular complexity index is 1690. The number of hydrogen-bond acceptors (Lipinski definition) is 9. The third-order valence-electron chi connectivity index (χ3n) is 7.47. The van der Waals surface area contributed by atoms with E-state index in [0.717, 1.165) is 22.1 Å². The average molecular weight is 632 g/mol. The number of aliphatic hydroxyl groups is 1. The van der Waals surface area contributed by atoms with Gasteiger partial charge >= 0.3 is 0 Å². The molecule has 2 heterocycles. The predicted octanol–water partition coefficient (Wildman–Crippen LogP) is 4.49. The zero-order chi connectivity index (χ0) is 30.7. The van der Waals surface area contributed by atoms with Crippen LogP contribution in [0, 0.1) is 5.82 Å². The molecule has 1 aliphatic carbocycles. The number of sulfonamides is 1. The fourth-order valence-corrected chi connectivity index (χ4v) is 7.01. The number of rotatable bonds is 10. The molecule has 1 fully saturated rings. The number of nitrogens with zero attached hydrogens (tertiary/aromatic N) is 5. The highest BCUT2D eigenvalue weighted by Gasteiger charge is 2.36. The van der Waals surface area contributed by atoms with Crippen molar-refractivity contribution in [2.24, 2.45) is 7.05 Å². The number of benzene rings is 2. The third-order valence-corrected chi connectivity index (χ3v) is 9.53. The van der Waals surface area contributed by atoms with E-state index in [9.17, 15) is 13.5 Å². The number of ether oxygens (including phenoxy) is 3. The minimum atomic E-state index is -4.57. The van der Waals surface area contributed by atoms with Gasteiger partial charge in [0.25, 0.3) is 10.0 Å². The second kappa shape index (κ2) is 12.7. The summed E-state index contributed by atoms with van der Waals surface area (Å²) >= 11 is 6.54. The molecule has 0 amide bonds. The van der Waals surface area contributed by atoms with Crippen molar-refractivity contribution in [3.8, 4) is 17.2 Å². The van der Waals surface area contributed by atoms with Crippen molar-refractivity contribution in [3.05, 3.63) is 83.3 Å². The zero-order valence-corrected chi connectivity index (χ0v) is 25.3. The second-order valence-corrected chi connectivity index (χ2v) is 12.3. The van der Waals surface area contributed by atoms with Gasteiger partial charge in [-0.1, -0.05) is 11.6 Å². The van der Waals surface area contributed by atoms with E-state index in [1.165, 1.54) is 32.8 Å². The molecule has 1 N–H and O–H groups in total. The molecule has 0 saturated heterocycles. The number of aliphatic hydroxyl groups excluding tert-OH is 1. The fourth-order valence-electron chi connectivity index (χ4n) is 5.26. The highest BCUT2D eigenvalue weighted by molar-refractivity contribution is 7.92. The van der Waals surface area contributed by atoms with Crippen LogP contribution in [-0.2, 0) is 23.6 Å². The van der Waals surface area contributed by atoms with E-state index >= 15 is 4.39 Å². The molecule has 0 aliphatic heterocycles. The molecule has 5 rings (SSSR count). The lowest BCUT2D eigenvalue weighted by molar-refractivity contribution is 0.0370. The molecule has 43 heavy (non-hydrogen) atoms. The second-order valence-electron chi connectivity index (χ2n) is 10.1. The number of anilines is 1. The van der Waals surface area contributed by atoms with Gasteiger partial charge in [-0.3, -0.25) is 4.68 Å². The zero-order valence-electron chi connectivity index (χ0n) is 23.7. The lowest BCUT2D eigenvalue weighted by atomic mass is 9.82. The van der Waals surface area contributed by atoms with Crippen molar-refractivity contribution >= 4 is 27.4 Å². The van der Waals surface area contributed by atoms with Gasteiger partial charge in [-0.2, -0.15) is 5.10 Å². The Morgan fingerprint density at radius 2 is 1.91 bits per heavy atom. The molecule has 228 valence electrons. The number of hydrogen-bond donors (Lipinski definition) is 1. The van der Waals surface area contributed by atoms with Crippen LogP contribution in [-0.4, -0.2) is 59.7 Å². The molecule has 11 nitrogen and oxygen atoms in total. The molecule has 4 aromatic rings. The Hall–Kier alpha value is -3.94. The normalized spacial score (nSPS) is 18.7. The molecule has 0 bridgehead atoms. The largest absolute Gasteiger partial charge is 0.497 e. The number of aryl methyl sites for hydroxylation is 1. The van der Waals surface area contributed by atoms with E-state index in [-0.39, 0.29) is 29.1 Å². The molecule has 3 atom stereocenters. The van der Waals surface area contributed by atoms with E-state index < -0.39 is 32.9 Å². The van der Waals surface area contributed by atoms with Crippen LogP contribution in [0.2, 0.25) is 5.02 Å². The van der Waals surface area contributed by atoms with Gasteiger partial charge in [-0.05, 0) is 37.1 Å². The minimum Gasteiger partial charge on any atom is -0.497 e. The van der Waals surface area contributed by atoms with Crippen LogP contribution in [0.15, 0.2) is 66.1 Å². The average Bonchev–Trinajstić information content (AvgIpc) is 3.43. The van der Waals surface area contributed by atoms with Crippen LogP contribution in [0.4, 0.5) is 10.2 Å². The molecule has 3 unspecified atom stereocenters. The van der Waals surface area contributed by atoms with E-state index in [1.807, 2.05) is 13.1 Å². The van der Waals surface area contributed by atoms with Gasteiger partial charge in [0.05, 0.1) is 31.9 Å². The monoisotopic (exact) mass is 631 g/mol. The SMILES string of the molecule is COc1ccc(CN(c2ccncn2)S(=O)(=O)c2cc(Cl)c(OC3CC(O)CCC3c3ccnn3C)cc2F)c(OC)c1. The van der Waals surface area contributed by atoms with Gasteiger partial charge in [0.1, 0.15) is 46.2 Å². The summed E-state index contributed by atoms with van der Waals surface area (Å²) in [5, 5.41) is 14.5. The van der Waals surface area contributed by atoms with Gasteiger partial charge < -0.3 is 19.3 Å². The van der Waals surface area contributed by atoms with Gasteiger partial charge in [0, 0.05) is 61.2 Å². The van der Waals surface area contributed by atoms with Crippen molar-refractivity contribution in [3.63, 3.8) is 0 Å². The van der Waals surface area contributed by atoms with Crippen LogP contribution in [0.1, 0.15) is 36.4 Å². The molecule has 2 aromatic carbocycles. The molecule has 1 saturated carbocycles. The van der Waals surface area contributed by atoms with Crippen LogP contribution in [0.25, 0.3) is 0 Å². The van der Waals surface area contributed by atoms with E-state index in [4.69, 9.17) is 25.8 Å². The Kier molecular flexibility index (Phi) is 9.04. The number of halogens is 2.